The number of hydrogen-bond acceptors (Lipinski definition) is 7. The van der Waals surface area contributed by atoms with E-state index in [1.54, 1.807) is 26.8 Å². The van der Waals surface area contributed by atoms with Gasteiger partial charge in [0, 0.05) is 32.2 Å². The van der Waals surface area contributed by atoms with Gasteiger partial charge in [0.25, 0.3) is 0 Å². The Kier molecular flexibility index (Phi) is 11.9. The van der Waals surface area contributed by atoms with Crippen LogP contribution in [-0.4, -0.2) is 71.4 Å². The molecule has 10 nitrogen and oxygen atoms in total. The SMILES string of the molecule is COc1ccc(C[C@@H](C(=O)C[C@@H](C)C(=O)O)N(C)C(=O)[C@H](C)CC(=O)[C@@H](C)NC(=O)OC(C)(C)C)cc1F. The van der Waals surface area contributed by atoms with Gasteiger partial charge in [0.1, 0.15) is 5.60 Å². The Balaban J connectivity index is 3.04. The van der Waals surface area contributed by atoms with Crippen molar-refractivity contribution in [2.24, 2.45) is 11.8 Å². The van der Waals surface area contributed by atoms with E-state index in [-0.39, 0.29) is 25.0 Å². The third-order valence-electron chi connectivity index (χ3n) is 5.91. The molecule has 0 saturated heterocycles. The van der Waals surface area contributed by atoms with Crippen molar-refractivity contribution in [1.82, 2.24) is 10.2 Å². The van der Waals surface area contributed by atoms with E-state index < -0.39 is 64.9 Å². The Morgan fingerprint density at radius 1 is 1.03 bits per heavy atom. The highest BCUT2D eigenvalue weighted by atomic mass is 19.1. The number of halogens is 1. The van der Waals surface area contributed by atoms with E-state index in [9.17, 15) is 33.5 Å². The molecule has 0 aliphatic rings. The summed E-state index contributed by atoms with van der Waals surface area (Å²) in [6.45, 7) is 9.43. The van der Waals surface area contributed by atoms with Crippen molar-refractivity contribution >= 4 is 29.5 Å². The number of hydrogen-bond donors (Lipinski definition) is 2. The van der Waals surface area contributed by atoms with E-state index in [0.29, 0.717) is 5.56 Å². The second-order valence-electron chi connectivity index (χ2n) is 10.5. The summed E-state index contributed by atoms with van der Waals surface area (Å²) in [4.78, 5) is 63.4. The fourth-order valence-electron chi connectivity index (χ4n) is 3.68. The molecule has 38 heavy (non-hydrogen) atoms. The number of nitrogens with zero attached hydrogens (tertiary/aromatic N) is 1. The highest BCUT2D eigenvalue weighted by molar-refractivity contribution is 5.94. The second-order valence-corrected chi connectivity index (χ2v) is 10.5. The maximum atomic E-state index is 14.3. The summed E-state index contributed by atoms with van der Waals surface area (Å²) in [7, 11) is 2.70. The first kappa shape index (κ1) is 32.5. The molecule has 2 amide bonds. The molecule has 1 rings (SSSR count). The molecule has 1 aromatic rings. The predicted molar refractivity (Wildman–Crippen MR) is 137 cm³/mol. The van der Waals surface area contributed by atoms with Crippen LogP contribution in [-0.2, 0) is 30.3 Å². The number of carbonyl (C=O) groups excluding carboxylic acids is 4. The van der Waals surface area contributed by atoms with Gasteiger partial charge >= 0.3 is 12.1 Å². The number of alkyl carbamates (subject to hydrolysis) is 1. The van der Waals surface area contributed by atoms with Crippen LogP contribution in [0.1, 0.15) is 59.9 Å². The highest BCUT2D eigenvalue weighted by Gasteiger charge is 2.33. The fourth-order valence-corrected chi connectivity index (χ4v) is 3.68. The lowest BCUT2D eigenvalue weighted by Crippen LogP contribution is -2.47. The van der Waals surface area contributed by atoms with Gasteiger partial charge in [0.05, 0.1) is 25.1 Å². The van der Waals surface area contributed by atoms with Gasteiger partial charge in [-0.1, -0.05) is 19.9 Å². The van der Waals surface area contributed by atoms with Crippen LogP contribution >= 0.6 is 0 Å². The van der Waals surface area contributed by atoms with Crippen LogP contribution in [0.4, 0.5) is 9.18 Å². The molecule has 0 spiro atoms. The number of likely N-dealkylation sites (N-methyl/N-ethyl adjacent to an activating group) is 1. The largest absolute Gasteiger partial charge is 0.494 e. The number of rotatable bonds is 13. The van der Waals surface area contributed by atoms with Gasteiger partial charge in [-0.3, -0.25) is 19.2 Å². The third-order valence-corrected chi connectivity index (χ3v) is 5.91. The second kappa shape index (κ2) is 13.9. The number of carboxylic acid groups (broad SMARTS) is 1. The molecule has 0 unspecified atom stereocenters. The first-order chi connectivity index (χ1) is 17.5. The van der Waals surface area contributed by atoms with Crippen LogP contribution in [0.25, 0.3) is 0 Å². The third kappa shape index (κ3) is 10.1. The van der Waals surface area contributed by atoms with Crippen LogP contribution in [0.3, 0.4) is 0 Å². The number of methoxy groups -OCH3 is 1. The Hall–Kier alpha value is -3.50. The molecular formula is C27H39FN2O8. The smallest absolute Gasteiger partial charge is 0.408 e. The summed E-state index contributed by atoms with van der Waals surface area (Å²) < 4.78 is 24.3. The summed E-state index contributed by atoms with van der Waals surface area (Å²) in [5.41, 5.74) is -0.339. The number of carbonyl (C=O) groups is 5. The lowest BCUT2D eigenvalue weighted by atomic mass is 9.93. The van der Waals surface area contributed by atoms with Gasteiger partial charge in [-0.25, -0.2) is 9.18 Å². The minimum Gasteiger partial charge on any atom is -0.494 e. The van der Waals surface area contributed by atoms with Gasteiger partial charge in [0.15, 0.2) is 23.1 Å². The maximum Gasteiger partial charge on any atom is 0.408 e. The summed E-state index contributed by atoms with van der Waals surface area (Å²) in [5.74, 6) is -5.08. The Morgan fingerprint density at radius 2 is 1.61 bits per heavy atom. The number of ether oxygens (including phenoxy) is 2. The van der Waals surface area contributed by atoms with Crippen molar-refractivity contribution in [2.75, 3.05) is 14.2 Å². The molecule has 0 aliphatic carbocycles. The molecule has 0 aromatic heterocycles. The van der Waals surface area contributed by atoms with Crippen molar-refractivity contribution in [1.29, 1.82) is 0 Å². The number of amides is 2. The summed E-state index contributed by atoms with van der Waals surface area (Å²) >= 11 is 0. The molecule has 0 heterocycles. The molecule has 1 aromatic carbocycles. The quantitative estimate of drug-likeness (QED) is 0.390. The van der Waals surface area contributed by atoms with E-state index in [4.69, 9.17) is 9.47 Å². The molecule has 0 saturated carbocycles. The first-order valence-corrected chi connectivity index (χ1v) is 12.3. The zero-order valence-electron chi connectivity index (χ0n) is 23.3. The Bertz CT molecular complexity index is 1040. The number of nitrogens with one attached hydrogen (secondary N) is 1. The monoisotopic (exact) mass is 538 g/mol. The van der Waals surface area contributed by atoms with Crippen LogP contribution in [0.5, 0.6) is 5.75 Å². The zero-order chi connectivity index (χ0) is 29.4. The summed E-state index contributed by atoms with van der Waals surface area (Å²) in [6, 6.07) is 2.13. The van der Waals surface area contributed by atoms with Crippen LogP contribution in [0.15, 0.2) is 18.2 Å². The van der Waals surface area contributed by atoms with Crippen molar-refractivity contribution in [3.63, 3.8) is 0 Å². The molecule has 0 aliphatic heterocycles. The maximum absolute atomic E-state index is 14.3. The fraction of sp³-hybridized carbons (Fsp3) is 0.593. The van der Waals surface area contributed by atoms with Crippen molar-refractivity contribution in [3.05, 3.63) is 29.6 Å². The number of benzene rings is 1. The lowest BCUT2D eigenvalue weighted by Gasteiger charge is -2.30. The minimum absolute atomic E-state index is 0.0156. The molecule has 4 atom stereocenters. The normalized spacial score (nSPS) is 14.4. The molecule has 0 bridgehead atoms. The lowest BCUT2D eigenvalue weighted by molar-refractivity contribution is -0.145. The summed E-state index contributed by atoms with van der Waals surface area (Å²) in [6.07, 6.45) is -1.38. The molecule has 2 N–H and O–H groups in total. The Morgan fingerprint density at radius 3 is 2.11 bits per heavy atom. The zero-order valence-corrected chi connectivity index (χ0v) is 23.3. The van der Waals surface area contributed by atoms with Crippen molar-refractivity contribution in [2.45, 2.75) is 78.5 Å². The van der Waals surface area contributed by atoms with E-state index in [1.807, 2.05) is 0 Å². The number of Topliss-reactive ketones (excluding diaryl/α,β-unsaturated/α-hetero) is 2. The van der Waals surface area contributed by atoms with Gasteiger partial charge < -0.3 is 24.8 Å². The van der Waals surface area contributed by atoms with Crippen molar-refractivity contribution in [3.8, 4) is 5.75 Å². The highest BCUT2D eigenvalue weighted by Crippen LogP contribution is 2.22. The minimum atomic E-state index is -1.16. The average molecular weight is 539 g/mol. The molecule has 0 fully saturated rings. The van der Waals surface area contributed by atoms with E-state index in [0.717, 1.165) is 0 Å². The first-order valence-electron chi connectivity index (χ1n) is 12.3. The van der Waals surface area contributed by atoms with Gasteiger partial charge in [-0.2, -0.15) is 0 Å². The number of ketones is 2. The molecule has 11 heteroatoms. The molecule has 212 valence electrons. The Labute approximate surface area is 222 Å². The van der Waals surface area contributed by atoms with E-state index in [1.165, 1.54) is 52.0 Å². The average Bonchev–Trinajstić information content (AvgIpc) is 2.79. The molecular weight excluding hydrogens is 499 g/mol. The van der Waals surface area contributed by atoms with Crippen LogP contribution in [0, 0.1) is 17.7 Å². The van der Waals surface area contributed by atoms with E-state index >= 15 is 0 Å². The van der Waals surface area contributed by atoms with Gasteiger partial charge in [-0.05, 0) is 45.4 Å². The van der Waals surface area contributed by atoms with Crippen LogP contribution < -0.4 is 10.1 Å². The number of aliphatic carboxylic acids is 1. The van der Waals surface area contributed by atoms with E-state index in [2.05, 4.69) is 5.32 Å². The van der Waals surface area contributed by atoms with Crippen LogP contribution in [0.2, 0.25) is 0 Å². The predicted octanol–water partition coefficient (Wildman–Crippen LogP) is 3.39. The number of carboxylic acids is 1. The standard InChI is InChI=1S/C27H39FN2O8/c1-15(11-21(31)17(3)29-26(36)38-27(4,5)6)24(33)30(7)20(22(32)12-16(2)25(34)35)14-18-9-10-23(37-8)19(28)13-18/h9-10,13,15-17,20H,11-12,14H2,1-8H3,(H,29,36)(H,34,35)/t15-,16-,17-,20+/m1/s1. The topological polar surface area (TPSA) is 139 Å². The van der Waals surface area contributed by atoms with Gasteiger partial charge in [0.2, 0.25) is 5.91 Å². The van der Waals surface area contributed by atoms with Crippen molar-refractivity contribution < 1.29 is 42.9 Å². The summed E-state index contributed by atoms with van der Waals surface area (Å²) in [5, 5.41) is 11.7. The van der Waals surface area contributed by atoms with Gasteiger partial charge in [-0.15, -0.1) is 0 Å². The molecule has 0 radical (unpaired) electrons.